The van der Waals surface area contributed by atoms with Crippen LogP contribution >= 0.6 is 11.3 Å². The van der Waals surface area contributed by atoms with Crippen LogP contribution in [0.3, 0.4) is 0 Å². The Kier molecular flexibility index (Phi) is 7.80. The van der Waals surface area contributed by atoms with Crippen LogP contribution in [0.5, 0.6) is 11.5 Å². The summed E-state index contributed by atoms with van der Waals surface area (Å²) in [6.45, 7) is 3.27. The Bertz CT molecular complexity index is 1130. The number of rotatable bonds is 9. The van der Waals surface area contributed by atoms with Crippen molar-refractivity contribution in [2.45, 2.75) is 13.5 Å². The van der Waals surface area contributed by atoms with Crippen LogP contribution in [-0.4, -0.2) is 50.5 Å². The lowest BCUT2D eigenvalue weighted by molar-refractivity contribution is -0.120. The number of carbonyl (C=O) groups excluding carboxylic acids is 2. The lowest BCUT2D eigenvalue weighted by Gasteiger charge is -2.08. The molecule has 3 aromatic rings. The van der Waals surface area contributed by atoms with Crippen LogP contribution in [0.1, 0.15) is 17.3 Å². The van der Waals surface area contributed by atoms with Gasteiger partial charge in [0.05, 0.1) is 36.6 Å². The largest absolute Gasteiger partial charge is 0.493 e. The average molecular weight is 445 g/mol. The number of ether oxygens (including phenoxy) is 4. The van der Waals surface area contributed by atoms with Crippen molar-refractivity contribution in [2.75, 3.05) is 34.0 Å². The number of thiazole rings is 1. The zero-order chi connectivity index (χ0) is 22.2. The molecule has 164 valence electrons. The number of aromatic nitrogens is 1. The minimum atomic E-state index is -0.434. The van der Waals surface area contributed by atoms with Gasteiger partial charge in [0, 0.05) is 13.2 Å². The van der Waals surface area contributed by atoms with Crippen LogP contribution in [0.25, 0.3) is 10.2 Å². The number of carbonyl (C=O) groups is 2. The second kappa shape index (κ2) is 10.7. The third-order valence-corrected chi connectivity index (χ3v) is 5.45. The molecule has 0 aliphatic carbocycles. The summed E-state index contributed by atoms with van der Waals surface area (Å²) < 4.78 is 23.8. The summed E-state index contributed by atoms with van der Waals surface area (Å²) >= 11 is 1.31. The number of para-hydroxylation sites is 2. The zero-order valence-corrected chi connectivity index (χ0v) is 18.4. The SMILES string of the molecule is CCOCCn1c(=NC(=O)COc2ccccc2OC)sc2cc(C(=O)OC)ccc21. The van der Waals surface area contributed by atoms with Gasteiger partial charge >= 0.3 is 5.97 Å². The molecule has 0 fully saturated rings. The van der Waals surface area contributed by atoms with Crippen LogP contribution in [0, 0.1) is 0 Å². The Labute approximate surface area is 183 Å². The van der Waals surface area contributed by atoms with E-state index >= 15 is 0 Å². The topological polar surface area (TPSA) is 88.4 Å². The average Bonchev–Trinajstić information content (AvgIpc) is 3.13. The van der Waals surface area contributed by atoms with Crippen LogP contribution in [0.2, 0.25) is 0 Å². The van der Waals surface area contributed by atoms with Gasteiger partial charge in [-0.05, 0) is 37.3 Å². The molecule has 8 nitrogen and oxygen atoms in total. The number of hydrogen-bond donors (Lipinski definition) is 0. The molecule has 0 bridgehead atoms. The quantitative estimate of drug-likeness (QED) is 0.372. The first-order chi connectivity index (χ1) is 15.1. The summed E-state index contributed by atoms with van der Waals surface area (Å²) in [5.41, 5.74) is 1.29. The summed E-state index contributed by atoms with van der Waals surface area (Å²) in [6, 6.07) is 12.3. The molecule has 2 aromatic carbocycles. The zero-order valence-electron chi connectivity index (χ0n) is 17.6. The highest BCUT2D eigenvalue weighted by atomic mass is 32.1. The van der Waals surface area contributed by atoms with Gasteiger partial charge < -0.3 is 23.5 Å². The van der Waals surface area contributed by atoms with Crippen molar-refractivity contribution in [3.63, 3.8) is 0 Å². The molecule has 0 saturated carbocycles. The van der Waals surface area contributed by atoms with Gasteiger partial charge in [-0.2, -0.15) is 4.99 Å². The smallest absolute Gasteiger partial charge is 0.337 e. The van der Waals surface area contributed by atoms with Gasteiger partial charge in [-0.15, -0.1) is 0 Å². The van der Waals surface area contributed by atoms with Crippen molar-refractivity contribution in [3.05, 3.63) is 52.8 Å². The molecule has 0 saturated heterocycles. The highest BCUT2D eigenvalue weighted by Gasteiger charge is 2.13. The van der Waals surface area contributed by atoms with Crippen molar-refractivity contribution in [1.82, 2.24) is 4.57 Å². The predicted molar refractivity (Wildman–Crippen MR) is 117 cm³/mol. The van der Waals surface area contributed by atoms with Gasteiger partial charge in [-0.3, -0.25) is 4.79 Å². The van der Waals surface area contributed by atoms with E-state index in [2.05, 4.69) is 4.99 Å². The van der Waals surface area contributed by atoms with Crippen molar-refractivity contribution in [1.29, 1.82) is 0 Å². The van der Waals surface area contributed by atoms with Gasteiger partial charge in [0.1, 0.15) is 0 Å². The van der Waals surface area contributed by atoms with E-state index in [0.29, 0.717) is 41.6 Å². The molecular formula is C22H24N2O6S. The van der Waals surface area contributed by atoms with E-state index in [9.17, 15) is 9.59 Å². The third kappa shape index (κ3) is 5.50. The summed E-state index contributed by atoms with van der Waals surface area (Å²) in [6.07, 6.45) is 0. The fraction of sp³-hybridized carbons (Fsp3) is 0.318. The lowest BCUT2D eigenvalue weighted by Crippen LogP contribution is -2.21. The highest BCUT2D eigenvalue weighted by Crippen LogP contribution is 2.25. The fourth-order valence-electron chi connectivity index (χ4n) is 2.94. The molecule has 0 aliphatic rings. The molecular weight excluding hydrogens is 420 g/mol. The number of esters is 1. The highest BCUT2D eigenvalue weighted by molar-refractivity contribution is 7.16. The molecule has 1 aromatic heterocycles. The predicted octanol–water partition coefficient (Wildman–Crippen LogP) is 3.04. The van der Waals surface area contributed by atoms with E-state index in [-0.39, 0.29) is 6.61 Å². The summed E-state index contributed by atoms with van der Waals surface area (Å²) in [5, 5.41) is 0. The van der Waals surface area contributed by atoms with E-state index in [1.54, 1.807) is 30.3 Å². The first-order valence-electron chi connectivity index (χ1n) is 9.70. The maximum absolute atomic E-state index is 12.5. The monoisotopic (exact) mass is 444 g/mol. The molecule has 0 N–H and O–H groups in total. The number of nitrogens with zero attached hydrogens (tertiary/aromatic N) is 2. The van der Waals surface area contributed by atoms with E-state index < -0.39 is 11.9 Å². The Hall–Kier alpha value is -3.17. The standard InChI is InChI=1S/C22H24N2O6S/c1-4-29-12-11-24-16-10-9-15(21(26)28-3)13-19(16)31-22(24)23-20(25)14-30-18-8-6-5-7-17(18)27-2/h5-10,13H,4,11-12,14H2,1-3H3. The molecule has 9 heteroatoms. The first kappa shape index (κ1) is 22.5. The van der Waals surface area contributed by atoms with E-state index in [1.807, 2.05) is 23.6 Å². The van der Waals surface area contributed by atoms with Crippen molar-refractivity contribution < 1.29 is 28.5 Å². The first-order valence-corrected chi connectivity index (χ1v) is 10.5. The van der Waals surface area contributed by atoms with Crippen molar-refractivity contribution in [2.24, 2.45) is 4.99 Å². The van der Waals surface area contributed by atoms with E-state index in [1.165, 1.54) is 25.6 Å². The van der Waals surface area contributed by atoms with Gasteiger partial charge in [0.25, 0.3) is 5.91 Å². The Morgan fingerprint density at radius 3 is 2.58 bits per heavy atom. The van der Waals surface area contributed by atoms with Crippen LogP contribution in [0.4, 0.5) is 0 Å². The molecule has 0 radical (unpaired) electrons. The van der Waals surface area contributed by atoms with Gasteiger partial charge in [-0.1, -0.05) is 23.5 Å². The molecule has 1 amide bonds. The summed E-state index contributed by atoms with van der Waals surface area (Å²) in [4.78, 5) is 29.1. The molecule has 0 atom stereocenters. The second-order valence-electron chi connectivity index (χ2n) is 6.35. The fourth-order valence-corrected chi connectivity index (χ4v) is 4.05. The Morgan fingerprint density at radius 2 is 1.87 bits per heavy atom. The minimum absolute atomic E-state index is 0.229. The molecule has 0 unspecified atom stereocenters. The van der Waals surface area contributed by atoms with Crippen LogP contribution in [-0.2, 0) is 20.8 Å². The van der Waals surface area contributed by atoms with Gasteiger partial charge in [0.15, 0.2) is 22.9 Å². The van der Waals surface area contributed by atoms with Gasteiger partial charge in [0.2, 0.25) is 0 Å². The maximum atomic E-state index is 12.5. The minimum Gasteiger partial charge on any atom is -0.493 e. The van der Waals surface area contributed by atoms with Crippen LogP contribution in [0.15, 0.2) is 47.5 Å². The van der Waals surface area contributed by atoms with Gasteiger partial charge in [-0.25, -0.2) is 4.79 Å². The maximum Gasteiger partial charge on any atom is 0.337 e. The summed E-state index contributed by atoms with van der Waals surface area (Å²) in [7, 11) is 2.87. The number of fused-ring (bicyclic) bond motifs is 1. The van der Waals surface area contributed by atoms with E-state index in [4.69, 9.17) is 18.9 Å². The second-order valence-corrected chi connectivity index (χ2v) is 7.36. The number of benzene rings is 2. The molecule has 0 aliphatic heterocycles. The molecule has 0 spiro atoms. The van der Waals surface area contributed by atoms with Crippen molar-refractivity contribution >= 4 is 33.4 Å². The number of hydrogen-bond acceptors (Lipinski definition) is 7. The van der Waals surface area contributed by atoms with Crippen LogP contribution < -0.4 is 14.3 Å². The normalized spacial score (nSPS) is 11.5. The Balaban J connectivity index is 1.90. The Morgan fingerprint density at radius 1 is 1.10 bits per heavy atom. The number of amides is 1. The van der Waals surface area contributed by atoms with E-state index in [0.717, 1.165) is 10.2 Å². The van der Waals surface area contributed by atoms with Crippen molar-refractivity contribution in [3.8, 4) is 11.5 Å². The summed E-state index contributed by atoms with van der Waals surface area (Å²) in [5.74, 6) is 0.155. The molecule has 1 heterocycles. The molecule has 31 heavy (non-hydrogen) atoms. The number of methoxy groups -OCH3 is 2. The third-order valence-electron chi connectivity index (χ3n) is 4.41. The molecule has 3 rings (SSSR count). The lowest BCUT2D eigenvalue weighted by atomic mass is 10.2.